The maximum Gasteiger partial charge on any atom is 0.266 e. The number of morpholine rings is 1. The van der Waals surface area contributed by atoms with E-state index in [0.717, 1.165) is 15.6 Å². The highest BCUT2D eigenvalue weighted by atomic mass is 32.1. The molecule has 1 aliphatic rings. The third-order valence-corrected chi connectivity index (χ3v) is 4.03. The molecular formula is C12H18N2O2S. The van der Waals surface area contributed by atoms with Crippen LogP contribution in [0.4, 0.5) is 0 Å². The van der Waals surface area contributed by atoms with Crippen LogP contribution in [0.2, 0.25) is 0 Å². The average molecular weight is 254 g/mol. The predicted molar refractivity (Wildman–Crippen MR) is 67.5 cm³/mol. The van der Waals surface area contributed by atoms with Crippen LogP contribution in [0.25, 0.3) is 0 Å². The molecule has 0 aliphatic carbocycles. The van der Waals surface area contributed by atoms with E-state index in [-0.39, 0.29) is 18.1 Å². The molecule has 0 bridgehead atoms. The molecule has 0 N–H and O–H groups in total. The van der Waals surface area contributed by atoms with Gasteiger partial charge in [0.1, 0.15) is 4.88 Å². The monoisotopic (exact) mass is 254 g/mol. The van der Waals surface area contributed by atoms with E-state index < -0.39 is 0 Å². The summed E-state index contributed by atoms with van der Waals surface area (Å²) in [7, 11) is 0. The minimum absolute atomic E-state index is 0.0933. The fourth-order valence-corrected chi connectivity index (χ4v) is 2.92. The number of aromatic nitrogens is 1. The molecule has 2 atom stereocenters. The number of amides is 1. The maximum absolute atomic E-state index is 12.4. The van der Waals surface area contributed by atoms with Crippen molar-refractivity contribution >= 4 is 17.2 Å². The van der Waals surface area contributed by atoms with Gasteiger partial charge in [0, 0.05) is 6.54 Å². The van der Waals surface area contributed by atoms with Gasteiger partial charge in [0.25, 0.3) is 5.91 Å². The fraction of sp³-hybridized carbons (Fsp3) is 0.667. The molecule has 2 heterocycles. The van der Waals surface area contributed by atoms with Gasteiger partial charge in [0.15, 0.2) is 0 Å². The van der Waals surface area contributed by atoms with Crippen LogP contribution < -0.4 is 0 Å². The lowest BCUT2D eigenvalue weighted by Crippen LogP contribution is -2.50. The summed E-state index contributed by atoms with van der Waals surface area (Å²) in [4.78, 5) is 19.4. The topological polar surface area (TPSA) is 42.4 Å². The highest BCUT2D eigenvalue weighted by Crippen LogP contribution is 2.22. The van der Waals surface area contributed by atoms with Crippen molar-refractivity contribution in [3.8, 4) is 0 Å². The normalized spacial score (nSPS) is 25.1. The predicted octanol–water partition coefficient (Wildman–Crippen LogP) is 2.01. The van der Waals surface area contributed by atoms with Crippen molar-refractivity contribution < 1.29 is 9.53 Å². The molecule has 4 nitrogen and oxygen atoms in total. The van der Waals surface area contributed by atoms with Crippen LogP contribution in [-0.4, -0.2) is 41.1 Å². The van der Waals surface area contributed by atoms with Crippen molar-refractivity contribution in [1.82, 2.24) is 9.88 Å². The van der Waals surface area contributed by atoms with Gasteiger partial charge in [-0.2, -0.15) is 0 Å². The number of carbonyl (C=O) groups excluding carboxylic acids is 1. The number of aryl methyl sites for hydroxylation is 2. The molecule has 94 valence electrons. The molecule has 1 saturated heterocycles. The first kappa shape index (κ1) is 12.5. The molecule has 17 heavy (non-hydrogen) atoms. The van der Waals surface area contributed by atoms with Crippen molar-refractivity contribution in [2.45, 2.75) is 39.8 Å². The molecule has 0 radical (unpaired) electrons. The quantitative estimate of drug-likeness (QED) is 0.770. The molecule has 2 rings (SSSR count). The summed E-state index contributed by atoms with van der Waals surface area (Å²) in [6, 6.07) is 0.139. The van der Waals surface area contributed by atoms with Crippen LogP contribution in [0.1, 0.15) is 34.2 Å². The smallest absolute Gasteiger partial charge is 0.266 e. The molecule has 1 fully saturated rings. The molecule has 5 heteroatoms. The second-order valence-electron chi connectivity index (χ2n) is 4.60. The van der Waals surface area contributed by atoms with Gasteiger partial charge in [-0.15, -0.1) is 11.3 Å². The number of thiazole rings is 1. The van der Waals surface area contributed by atoms with E-state index in [0.29, 0.717) is 13.2 Å². The second kappa shape index (κ2) is 4.74. The summed E-state index contributed by atoms with van der Waals surface area (Å²) in [6.45, 7) is 9.12. The summed E-state index contributed by atoms with van der Waals surface area (Å²) in [5, 5.41) is 0.944. The van der Waals surface area contributed by atoms with Gasteiger partial charge in [-0.05, 0) is 27.7 Å². The van der Waals surface area contributed by atoms with Gasteiger partial charge >= 0.3 is 0 Å². The largest absolute Gasteiger partial charge is 0.375 e. The van der Waals surface area contributed by atoms with Crippen molar-refractivity contribution in [2.75, 3.05) is 13.2 Å². The molecule has 1 aliphatic heterocycles. The number of hydrogen-bond donors (Lipinski definition) is 0. The minimum Gasteiger partial charge on any atom is -0.375 e. The van der Waals surface area contributed by atoms with E-state index >= 15 is 0 Å². The Balaban J connectivity index is 2.21. The summed E-state index contributed by atoms with van der Waals surface area (Å²) < 4.78 is 5.54. The van der Waals surface area contributed by atoms with Crippen LogP contribution >= 0.6 is 11.3 Å². The summed E-state index contributed by atoms with van der Waals surface area (Å²) in [6.07, 6.45) is 0.115. The number of nitrogens with zero attached hydrogens (tertiary/aromatic N) is 2. The van der Waals surface area contributed by atoms with Gasteiger partial charge < -0.3 is 9.64 Å². The van der Waals surface area contributed by atoms with Crippen LogP contribution in [0, 0.1) is 13.8 Å². The lowest BCUT2D eigenvalue weighted by molar-refractivity contribution is -0.0385. The van der Waals surface area contributed by atoms with Gasteiger partial charge in [-0.3, -0.25) is 4.79 Å². The number of ether oxygens (including phenoxy) is 1. The van der Waals surface area contributed by atoms with E-state index in [9.17, 15) is 4.79 Å². The standard InChI is InChI=1S/C12H18N2O2S/c1-7-6-16-8(2)5-14(7)12(15)11-9(3)13-10(4)17-11/h7-8H,5-6H2,1-4H3/t7-,8+/m0/s1. The molecule has 0 saturated carbocycles. The third-order valence-electron chi connectivity index (χ3n) is 2.97. The first-order valence-electron chi connectivity index (χ1n) is 5.85. The lowest BCUT2D eigenvalue weighted by Gasteiger charge is -2.36. The van der Waals surface area contributed by atoms with Gasteiger partial charge in [-0.1, -0.05) is 0 Å². The zero-order valence-corrected chi connectivity index (χ0v) is 11.5. The summed E-state index contributed by atoms with van der Waals surface area (Å²) in [5.74, 6) is 0.0933. The zero-order valence-electron chi connectivity index (χ0n) is 10.7. The van der Waals surface area contributed by atoms with Crippen LogP contribution in [0.3, 0.4) is 0 Å². The average Bonchev–Trinajstić information content (AvgIpc) is 2.60. The Morgan fingerprint density at radius 2 is 2.18 bits per heavy atom. The highest BCUT2D eigenvalue weighted by Gasteiger charge is 2.30. The summed E-state index contributed by atoms with van der Waals surface area (Å²) in [5.41, 5.74) is 0.837. The maximum atomic E-state index is 12.4. The Labute approximate surface area is 106 Å². The summed E-state index contributed by atoms with van der Waals surface area (Å²) >= 11 is 1.48. The van der Waals surface area contributed by atoms with E-state index in [1.807, 2.05) is 32.6 Å². The second-order valence-corrected chi connectivity index (χ2v) is 5.80. The molecule has 0 unspecified atom stereocenters. The molecular weight excluding hydrogens is 236 g/mol. The Morgan fingerprint density at radius 1 is 1.47 bits per heavy atom. The molecule has 1 aromatic heterocycles. The third kappa shape index (κ3) is 2.50. The SMILES string of the molecule is Cc1nc(C)c(C(=O)N2C[C@@H](C)OC[C@@H]2C)s1. The Bertz CT molecular complexity index is 430. The Kier molecular flexibility index (Phi) is 3.49. The number of hydrogen-bond acceptors (Lipinski definition) is 4. The van der Waals surface area contributed by atoms with E-state index in [1.54, 1.807) is 0 Å². The molecule has 0 aromatic carbocycles. The first-order chi connectivity index (χ1) is 7.99. The molecule has 1 aromatic rings. The van der Waals surface area contributed by atoms with Crippen molar-refractivity contribution in [1.29, 1.82) is 0 Å². The molecule has 1 amide bonds. The first-order valence-corrected chi connectivity index (χ1v) is 6.67. The van der Waals surface area contributed by atoms with Crippen molar-refractivity contribution in [2.24, 2.45) is 0 Å². The molecule has 0 spiro atoms. The number of carbonyl (C=O) groups is 1. The fourth-order valence-electron chi connectivity index (χ4n) is 2.05. The van der Waals surface area contributed by atoms with Gasteiger partial charge in [0.05, 0.1) is 29.5 Å². The lowest BCUT2D eigenvalue weighted by atomic mass is 10.2. The van der Waals surface area contributed by atoms with Gasteiger partial charge in [0.2, 0.25) is 0 Å². The number of rotatable bonds is 1. The van der Waals surface area contributed by atoms with Crippen molar-refractivity contribution in [3.63, 3.8) is 0 Å². The van der Waals surface area contributed by atoms with Crippen LogP contribution in [0.5, 0.6) is 0 Å². The zero-order chi connectivity index (χ0) is 12.6. The van der Waals surface area contributed by atoms with E-state index in [4.69, 9.17) is 4.74 Å². The van der Waals surface area contributed by atoms with Crippen LogP contribution in [0.15, 0.2) is 0 Å². The van der Waals surface area contributed by atoms with Crippen molar-refractivity contribution in [3.05, 3.63) is 15.6 Å². The van der Waals surface area contributed by atoms with E-state index in [1.165, 1.54) is 11.3 Å². The minimum atomic E-state index is 0.0933. The van der Waals surface area contributed by atoms with E-state index in [2.05, 4.69) is 4.98 Å². The highest BCUT2D eigenvalue weighted by molar-refractivity contribution is 7.13. The Hall–Kier alpha value is -0.940. The Morgan fingerprint density at radius 3 is 2.76 bits per heavy atom. The van der Waals surface area contributed by atoms with Crippen LogP contribution in [-0.2, 0) is 4.74 Å². The van der Waals surface area contributed by atoms with Gasteiger partial charge in [-0.25, -0.2) is 4.98 Å².